The molecule has 2 aromatic heterocycles. The van der Waals surface area contributed by atoms with Crippen LogP contribution in [0, 0.1) is 0 Å². The number of pyridine rings is 2. The minimum absolute atomic E-state index is 0.0741. The Morgan fingerprint density at radius 2 is 1.82 bits per heavy atom. The van der Waals surface area contributed by atoms with Gasteiger partial charge in [0.15, 0.2) is 0 Å². The van der Waals surface area contributed by atoms with Gasteiger partial charge in [-0.2, -0.15) is 0 Å². The Bertz CT molecular complexity index is 1150. The number of ether oxygens (including phenoxy) is 1. The van der Waals surface area contributed by atoms with Crippen molar-refractivity contribution in [1.29, 1.82) is 0 Å². The number of aromatic nitrogens is 2. The van der Waals surface area contributed by atoms with Gasteiger partial charge in [-0.15, -0.1) is 0 Å². The second-order valence-corrected chi connectivity index (χ2v) is 6.50. The lowest BCUT2D eigenvalue weighted by Crippen LogP contribution is -2.16. The van der Waals surface area contributed by atoms with E-state index in [1.165, 1.54) is 6.07 Å². The number of benzene rings is 2. The topological polar surface area (TPSA) is 64.4 Å². The maximum Gasteiger partial charge on any atom is 0.258 e. The number of aliphatic hydroxyl groups is 1. The lowest BCUT2D eigenvalue weighted by molar-refractivity contribution is 0.298. The fourth-order valence-electron chi connectivity index (χ4n) is 3.06. The zero-order chi connectivity index (χ0) is 19.3. The quantitative estimate of drug-likeness (QED) is 0.563. The number of fused-ring (bicyclic) bond motifs is 1. The number of hydrogen-bond donors (Lipinski definition) is 1. The third kappa shape index (κ3) is 3.94. The van der Waals surface area contributed by atoms with Crippen molar-refractivity contribution in [2.45, 2.75) is 13.0 Å². The number of nitrogens with zero attached hydrogens (tertiary/aromatic N) is 2. The van der Waals surface area contributed by atoms with Crippen LogP contribution in [0.25, 0.3) is 16.6 Å². The molecule has 0 radical (unpaired) electrons. The summed E-state index contributed by atoms with van der Waals surface area (Å²) in [6, 6.07) is 22.6. The van der Waals surface area contributed by atoms with Gasteiger partial charge in [-0.3, -0.25) is 14.3 Å². The first-order valence-corrected chi connectivity index (χ1v) is 9.13. The van der Waals surface area contributed by atoms with Crippen molar-refractivity contribution in [2.75, 3.05) is 6.61 Å². The largest absolute Gasteiger partial charge is 0.489 e. The van der Waals surface area contributed by atoms with E-state index < -0.39 is 0 Å². The second-order valence-electron chi connectivity index (χ2n) is 6.50. The summed E-state index contributed by atoms with van der Waals surface area (Å²) in [6.07, 6.45) is 2.25. The average molecular weight is 372 g/mol. The van der Waals surface area contributed by atoms with Crippen LogP contribution in [0.15, 0.2) is 83.8 Å². The maximum absolute atomic E-state index is 12.6. The van der Waals surface area contributed by atoms with E-state index in [1.807, 2.05) is 60.7 Å². The summed E-state index contributed by atoms with van der Waals surface area (Å²) >= 11 is 0. The average Bonchev–Trinajstić information content (AvgIpc) is 2.73. The van der Waals surface area contributed by atoms with E-state index in [9.17, 15) is 4.79 Å². The molecule has 0 spiro atoms. The Morgan fingerprint density at radius 1 is 0.964 bits per heavy atom. The highest BCUT2D eigenvalue weighted by Crippen LogP contribution is 2.18. The zero-order valence-electron chi connectivity index (χ0n) is 15.3. The molecule has 5 nitrogen and oxygen atoms in total. The van der Waals surface area contributed by atoms with Crippen LogP contribution in [0.1, 0.15) is 11.3 Å². The van der Waals surface area contributed by atoms with Crippen molar-refractivity contribution in [2.24, 2.45) is 0 Å². The zero-order valence-corrected chi connectivity index (χ0v) is 15.3. The molecule has 4 rings (SSSR count). The summed E-state index contributed by atoms with van der Waals surface area (Å²) in [5.74, 6) is 0.543. The van der Waals surface area contributed by atoms with E-state index in [0.29, 0.717) is 18.8 Å². The molecule has 28 heavy (non-hydrogen) atoms. The third-order valence-corrected chi connectivity index (χ3v) is 4.52. The molecule has 0 aliphatic carbocycles. The molecule has 140 valence electrons. The fraction of sp³-hybridized carbons (Fsp3) is 0.130. The molecule has 0 saturated carbocycles. The molecule has 2 heterocycles. The Kier molecular flexibility index (Phi) is 5.17. The molecule has 4 aromatic rings. The molecule has 0 amide bonds. The molecule has 5 heteroatoms. The summed E-state index contributed by atoms with van der Waals surface area (Å²) in [6.45, 7) is 0.493. The minimum Gasteiger partial charge on any atom is -0.489 e. The molecule has 0 unspecified atom stereocenters. The summed E-state index contributed by atoms with van der Waals surface area (Å²) < 4.78 is 7.31. The Hall–Kier alpha value is -3.44. The fourth-order valence-corrected chi connectivity index (χ4v) is 3.06. The molecule has 0 bridgehead atoms. The summed E-state index contributed by atoms with van der Waals surface area (Å²) in [4.78, 5) is 17.1. The SMILES string of the molecule is O=c1cc(OCc2ccccc2)ccn1-c1ccc2nc(CCO)ccc2c1. The molecule has 0 atom stereocenters. The van der Waals surface area contributed by atoms with Crippen molar-refractivity contribution in [3.8, 4) is 11.4 Å². The number of hydrogen-bond acceptors (Lipinski definition) is 4. The van der Waals surface area contributed by atoms with Crippen LogP contribution in [0.3, 0.4) is 0 Å². The first-order valence-electron chi connectivity index (χ1n) is 9.13. The first kappa shape index (κ1) is 17.9. The Morgan fingerprint density at radius 3 is 2.61 bits per heavy atom. The van der Waals surface area contributed by atoms with E-state index in [2.05, 4.69) is 4.98 Å². The lowest BCUT2D eigenvalue weighted by atomic mass is 10.1. The van der Waals surface area contributed by atoms with Gasteiger partial charge in [-0.05, 0) is 35.9 Å². The normalized spacial score (nSPS) is 10.9. The number of rotatable bonds is 6. The van der Waals surface area contributed by atoms with Crippen molar-refractivity contribution < 1.29 is 9.84 Å². The van der Waals surface area contributed by atoms with Crippen LogP contribution >= 0.6 is 0 Å². The van der Waals surface area contributed by atoms with E-state index in [1.54, 1.807) is 16.8 Å². The second kappa shape index (κ2) is 8.06. The molecule has 2 aromatic carbocycles. The van der Waals surface area contributed by atoms with Gasteiger partial charge >= 0.3 is 0 Å². The van der Waals surface area contributed by atoms with Crippen LogP contribution < -0.4 is 10.3 Å². The van der Waals surface area contributed by atoms with Gasteiger partial charge in [0.1, 0.15) is 12.4 Å². The van der Waals surface area contributed by atoms with E-state index in [0.717, 1.165) is 27.8 Å². The van der Waals surface area contributed by atoms with Crippen LogP contribution in [0.4, 0.5) is 0 Å². The number of aliphatic hydroxyl groups excluding tert-OH is 1. The molecule has 0 saturated heterocycles. The van der Waals surface area contributed by atoms with Crippen molar-refractivity contribution in [1.82, 2.24) is 9.55 Å². The Balaban J connectivity index is 1.57. The first-order chi connectivity index (χ1) is 13.7. The highest BCUT2D eigenvalue weighted by molar-refractivity contribution is 5.81. The highest BCUT2D eigenvalue weighted by Gasteiger charge is 2.05. The molecule has 1 N–H and O–H groups in total. The maximum atomic E-state index is 12.6. The van der Waals surface area contributed by atoms with E-state index >= 15 is 0 Å². The summed E-state index contributed by atoms with van der Waals surface area (Å²) in [7, 11) is 0. The van der Waals surface area contributed by atoms with Crippen molar-refractivity contribution in [3.05, 3.63) is 101 Å². The van der Waals surface area contributed by atoms with Gasteiger partial charge in [0, 0.05) is 42.1 Å². The summed E-state index contributed by atoms with van der Waals surface area (Å²) in [5, 5.41) is 9.99. The standard InChI is InChI=1S/C23H20N2O3/c26-13-11-19-7-6-18-14-20(8-9-22(18)24-19)25-12-10-21(15-23(25)27)28-16-17-4-2-1-3-5-17/h1-10,12,14-15,26H,11,13,16H2. The molecule has 0 aliphatic heterocycles. The molecule has 0 aliphatic rings. The van der Waals surface area contributed by atoms with Crippen LogP contribution in [-0.2, 0) is 13.0 Å². The van der Waals surface area contributed by atoms with Gasteiger partial charge < -0.3 is 9.84 Å². The smallest absolute Gasteiger partial charge is 0.258 e. The molecule has 0 fully saturated rings. The lowest BCUT2D eigenvalue weighted by Gasteiger charge is -2.10. The van der Waals surface area contributed by atoms with Crippen LogP contribution in [0.5, 0.6) is 5.75 Å². The van der Waals surface area contributed by atoms with E-state index in [4.69, 9.17) is 9.84 Å². The van der Waals surface area contributed by atoms with Gasteiger partial charge in [0.25, 0.3) is 5.56 Å². The van der Waals surface area contributed by atoms with Gasteiger partial charge in [0.2, 0.25) is 0 Å². The molecular formula is C23H20N2O3. The predicted octanol–water partition coefficient (Wildman–Crippen LogP) is 3.50. The third-order valence-electron chi connectivity index (χ3n) is 4.52. The van der Waals surface area contributed by atoms with Gasteiger partial charge in [-0.1, -0.05) is 36.4 Å². The van der Waals surface area contributed by atoms with Crippen LogP contribution in [0.2, 0.25) is 0 Å². The van der Waals surface area contributed by atoms with Crippen molar-refractivity contribution in [3.63, 3.8) is 0 Å². The van der Waals surface area contributed by atoms with Crippen LogP contribution in [-0.4, -0.2) is 21.3 Å². The van der Waals surface area contributed by atoms with Gasteiger partial charge in [-0.25, -0.2) is 0 Å². The molecular weight excluding hydrogens is 352 g/mol. The predicted molar refractivity (Wildman–Crippen MR) is 109 cm³/mol. The monoisotopic (exact) mass is 372 g/mol. The van der Waals surface area contributed by atoms with Gasteiger partial charge in [0.05, 0.1) is 5.52 Å². The highest BCUT2D eigenvalue weighted by atomic mass is 16.5. The van der Waals surface area contributed by atoms with Crippen molar-refractivity contribution >= 4 is 10.9 Å². The minimum atomic E-state index is -0.158. The summed E-state index contributed by atoms with van der Waals surface area (Å²) in [5.41, 5.74) is 3.35. The Labute approximate surface area is 162 Å². The van der Waals surface area contributed by atoms with E-state index in [-0.39, 0.29) is 12.2 Å².